The molecule has 1 amide bonds. The van der Waals surface area contributed by atoms with E-state index in [0.717, 1.165) is 21.2 Å². The number of benzene rings is 2. The number of aromatic amines is 1. The molecule has 0 fully saturated rings. The van der Waals surface area contributed by atoms with Crippen LogP contribution in [0, 0.1) is 0 Å². The van der Waals surface area contributed by atoms with Crippen LogP contribution in [0.1, 0.15) is 21.6 Å². The van der Waals surface area contributed by atoms with E-state index in [4.69, 9.17) is 0 Å². The molecule has 2 aromatic carbocycles. The number of pyridine rings is 1. The van der Waals surface area contributed by atoms with Gasteiger partial charge in [-0.05, 0) is 35.4 Å². The third-order valence-electron chi connectivity index (χ3n) is 4.69. The van der Waals surface area contributed by atoms with E-state index in [1.54, 1.807) is 29.0 Å². The summed E-state index contributed by atoms with van der Waals surface area (Å²) in [4.78, 5) is 24.2. The summed E-state index contributed by atoms with van der Waals surface area (Å²) >= 11 is 3.41. The minimum absolute atomic E-state index is 0.0316. The Morgan fingerprint density at radius 3 is 2.47 bits per heavy atom. The molecular weight excluding hydrogens is 444 g/mol. The van der Waals surface area contributed by atoms with Crippen molar-refractivity contribution < 1.29 is 4.79 Å². The van der Waals surface area contributed by atoms with Gasteiger partial charge in [0.25, 0.3) is 11.5 Å². The van der Waals surface area contributed by atoms with E-state index in [1.807, 2.05) is 54.6 Å². The summed E-state index contributed by atoms with van der Waals surface area (Å²) in [7, 11) is 0. The van der Waals surface area contributed by atoms with E-state index in [9.17, 15) is 9.59 Å². The highest BCUT2D eigenvalue weighted by Crippen LogP contribution is 2.20. The van der Waals surface area contributed by atoms with Gasteiger partial charge in [0.05, 0.1) is 12.2 Å². The van der Waals surface area contributed by atoms with E-state index in [2.05, 4.69) is 31.4 Å². The first-order chi connectivity index (χ1) is 14.6. The third kappa shape index (κ3) is 4.75. The van der Waals surface area contributed by atoms with Crippen molar-refractivity contribution in [2.24, 2.45) is 0 Å². The van der Waals surface area contributed by atoms with Gasteiger partial charge < -0.3 is 9.88 Å². The van der Waals surface area contributed by atoms with E-state index < -0.39 is 0 Å². The molecule has 2 heterocycles. The molecule has 0 saturated carbocycles. The first-order valence-corrected chi connectivity index (χ1v) is 10.2. The highest BCUT2D eigenvalue weighted by molar-refractivity contribution is 9.10. The summed E-state index contributed by atoms with van der Waals surface area (Å²) < 4.78 is 2.64. The number of rotatable bonds is 6. The van der Waals surface area contributed by atoms with Crippen LogP contribution in [0.15, 0.2) is 88.3 Å². The first-order valence-electron chi connectivity index (χ1n) is 9.41. The van der Waals surface area contributed by atoms with Crippen molar-refractivity contribution >= 4 is 21.8 Å². The van der Waals surface area contributed by atoms with Crippen LogP contribution in [-0.4, -0.2) is 20.7 Å². The zero-order valence-corrected chi connectivity index (χ0v) is 17.6. The van der Waals surface area contributed by atoms with Gasteiger partial charge >= 0.3 is 0 Å². The lowest BCUT2D eigenvalue weighted by Crippen LogP contribution is -2.23. The molecule has 0 aliphatic carbocycles. The summed E-state index contributed by atoms with van der Waals surface area (Å²) in [5.74, 6) is -0.217. The molecule has 4 rings (SSSR count). The van der Waals surface area contributed by atoms with Crippen molar-refractivity contribution in [2.75, 3.05) is 0 Å². The minimum atomic E-state index is -0.217. The van der Waals surface area contributed by atoms with Crippen molar-refractivity contribution in [3.8, 4) is 11.3 Å². The Morgan fingerprint density at radius 2 is 1.73 bits per heavy atom. The number of nitrogens with zero attached hydrogens (tertiary/aromatic N) is 2. The molecule has 0 atom stereocenters. The van der Waals surface area contributed by atoms with Crippen LogP contribution in [0.2, 0.25) is 0 Å². The predicted octanol–water partition coefficient (Wildman–Crippen LogP) is 3.98. The number of hydrogen-bond acceptors (Lipinski definition) is 3. The maximum absolute atomic E-state index is 12.4. The van der Waals surface area contributed by atoms with Gasteiger partial charge in [0, 0.05) is 28.8 Å². The molecule has 2 N–H and O–H groups in total. The van der Waals surface area contributed by atoms with Gasteiger partial charge in [-0.25, -0.2) is 0 Å². The van der Waals surface area contributed by atoms with E-state index in [0.29, 0.717) is 24.5 Å². The first kappa shape index (κ1) is 19.8. The molecule has 0 bridgehead atoms. The largest absolute Gasteiger partial charge is 0.347 e. The van der Waals surface area contributed by atoms with Crippen LogP contribution in [0.3, 0.4) is 0 Å². The lowest BCUT2D eigenvalue weighted by molar-refractivity contribution is 0.0946. The third-order valence-corrected chi connectivity index (χ3v) is 5.22. The molecule has 150 valence electrons. The van der Waals surface area contributed by atoms with Gasteiger partial charge in [-0.1, -0.05) is 58.4 Å². The monoisotopic (exact) mass is 462 g/mol. The Kier molecular flexibility index (Phi) is 5.90. The lowest BCUT2D eigenvalue weighted by Gasteiger charge is -2.07. The van der Waals surface area contributed by atoms with Crippen molar-refractivity contribution in [2.45, 2.75) is 13.1 Å². The lowest BCUT2D eigenvalue weighted by atomic mass is 10.1. The van der Waals surface area contributed by atoms with Gasteiger partial charge in [-0.2, -0.15) is 5.10 Å². The van der Waals surface area contributed by atoms with Crippen LogP contribution >= 0.6 is 15.9 Å². The highest BCUT2D eigenvalue weighted by atomic mass is 79.9. The average Bonchev–Trinajstić information content (AvgIpc) is 3.25. The van der Waals surface area contributed by atoms with Crippen molar-refractivity contribution in [1.82, 2.24) is 20.1 Å². The number of carbonyl (C=O) groups excluding carboxylic acids is 1. The van der Waals surface area contributed by atoms with Crippen LogP contribution in [-0.2, 0) is 13.1 Å². The molecule has 7 heteroatoms. The summed E-state index contributed by atoms with van der Waals surface area (Å²) in [6, 6.07) is 22.4. The molecule has 0 aliphatic heterocycles. The maximum Gasteiger partial charge on any atom is 0.269 e. The zero-order valence-electron chi connectivity index (χ0n) is 16.0. The molecule has 4 aromatic rings. The topological polar surface area (TPSA) is 79.8 Å². The van der Waals surface area contributed by atoms with Gasteiger partial charge in [0.15, 0.2) is 0 Å². The number of hydrogen-bond donors (Lipinski definition) is 2. The molecule has 30 heavy (non-hydrogen) atoms. The fourth-order valence-electron chi connectivity index (χ4n) is 3.03. The quantitative estimate of drug-likeness (QED) is 0.454. The fourth-order valence-corrected chi connectivity index (χ4v) is 3.30. The molecule has 0 unspecified atom stereocenters. The fraction of sp³-hybridized carbons (Fsp3) is 0.0870. The standard InChI is InChI=1S/C23H19BrN4O2/c24-19-10-8-18(9-11-19)20-13-21(27-26-20)23(30)25-14-16-4-6-17(7-5-16)15-28-12-2-1-3-22(28)29/h1-13H,14-15H2,(H,25,30)(H,26,27). The Hall–Kier alpha value is -3.45. The average molecular weight is 463 g/mol. The van der Waals surface area contributed by atoms with Gasteiger partial charge in [0.1, 0.15) is 5.69 Å². The van der Waals surface area contributed by atoms with Crippen molar-refractivity contribution in [3.05, 3.63) is 111 Å². The molecule has 0 radical (unpaired) electrons. The summed E-state index contributed by atoms with van der Waals surface area (Å²) in [6.45, 7) is 0.913. The molecule has 6 nitrogen and oxygen atoms in total. The Morgan fingerprint density at radius 1 is 1.00 bits per heavy atom. The van der Waals surface area contributed by atoms with Crippen molar-refractivity contribution in [3.63, 3.8) is 0 Å². The number of carbonyl (C=O) groups is 1. The molecular formula is C23H19BrN4O2. The van der Waals surface area contributed by atoms with Gasteiger partial charge in [0.2, 0.25) is 0 Å². The second kappa shape index (κ2) is 8.92. The van der Waals surface area contributed by atoms with Crippen LogP contribution in [0.4, 0.5) is 0 Å². The minimum Gasteiger partial charge on any atom is -0.347 e. The second-order valence-corrected chi connectivity index (χ2v) is 7.76. The summed E-state index contributed by atoms with van der Waals surface area (Å²) in [5, 5.41) is 9.91. The zero-order chi connectivity index (χ0) is 20.9. The van der Waals surface area contributed by atoms with Gasteiger partial charge in [-0.15, -0.1) is 0 Å². The van der Waals surface area contributed by atoms with E-state index in [-0.39, 0.29) is 11.5 Å². The number of halogens is 1. The number of amides is 1. The second-order valence-electron chi connectivity index (χ2n) is 6.84. The summed E-state index contributed by atoms with van der Waals surface area (Å²) in [5.41, 5.74) is 4.02. The Balaban J connectivity index is 1.35. The van der Waals surface area contributed by atoms with E-state index in [1.165, 1.54) is 0 Å². The number of aromatic nitrogens is 3. The Labute approximate surface area is 181 Å². The molecule has 0 aliphatic rings. The van der Waals surface area contributed by atoms with Crippen molar-refractivity contribution in [1.29, 1.82) is 0 Å². The SMILES string of the molecule is O=C(NCc1ccc(Cn2ccccc2=O)cc1)c1cc(-c2ccc(Br)cc2)n[nH]1. The molecule has 0 spiro atoms. The predicted molar refractivity (Wildman–Crippen MR) is 119 cm³/mol. The number of nitrogens with one attached hydrogen (secondary N) is 2. The van der Waals surface area contributed by atoms with Crippen LogP contribution in [0.5, 0.6) is 0 Å². The Bertz CT molecular complexity index is 1210. The molecule has 0 saturated heterocycles. The van der Waals surface area contributed by atoms with Gasteiger partial charge in [-0.3, -0.25) is 14.7 Å². The van der Waals surface area contributed by atoms with Crippen LogP contribution in [0.25, 0.3) is 11.3 Å². The summed E-state index contributed by atoms with van der Waals surface area (Å²) in [6.07, 6.45) is 1.77. The smallest absolute Gasteiger partial charge is 0.269 e. The van der Waals surface area contributed by atoms with E-state index >= 15 is 0 Å². The van der Waals surface area contributed by atoms with Crippen LogP contribution < -0.4 is 10.9 Å². The highest BCUT2D eigenvalue weighted by Gasteiger charge is 2.11. The molecule has 2 aromatic heterocycles. The normalized spacial score (nSPS) is 10.7. The maximum atomic E-state index is 12.4. The number of H-pyrrole nitrogens is 1.